The van der Waals surface area contributed by atoms with Gasteiger partial charge < -0.3 is 19.5 Å². The summed E-state index contributed by atoms with van der Waals surface area (Å²) in [5.41, 5.74) is 0.568. The van der Waals surface area contributed by atoms with Crippen LogP contribution in [-0.2, 0) is 23.8 Å². The van der Waals surface area contributed by atoms with Crippen molar-refractivity contribution in [3.05, 3.63) is 48.6 Å². The number of rotatable bonds is 11. The van der Waals surface area contributed by atoms with Crippen molar-refractivity contribution in [3.63, 3.8) is 0 Å². The maximum Gasteiger partial charge on any atom is 0.408 e. The molecule has 32 heavy (non-hydrogen) atoms. The first kappa shape index (κ1) is 27.4. The molecule has 7 nitrogen and oxygen atoms in total. The largest absolute Gasteiger partial charge is 0.464 e. The second kappa shape index (κ2) is 12.4. The molecule has 0 aliphatic rings. The van der Waals surface area contributed by atoms with Crippen LogP contribution in [0.15, 0.2) is 43.0 Å². The Labute approximate surface area is 192 Å². The van der Waals surface area contributed by atoms with Crippen LogP contribution in [0.4, 0.5) is 4.79 Å². The third-order valence-electron chi connectivity index (χ3n) is 4.61. The van der Waals surface area contributed by atoms with E-state index in [1.54, 1.807) is 20.8 Å². The molecule has 1 unspecified atom stereocenters. The van der Waals surface area contributed by atoms with Crippen LogP contribution in [0.5, 0.6) is 0 Å². The molecule has 0 radical (unpaired) electrons. The number of nitrogens with one attached hydrogen (secondary N) is 1. The first-order valence-corrected chi connectivity index (χ1v) is 14.4. The first-order valence-electron chi connectivity index (χ1n) is 10.8. The summed E-state index contributed by atoms with van der Waals surface area (Å²) in [5, 5.41) is 2.49. The van der Waals surface area contributed by atoms with Gasteiger partial charge in [0.05, 0.1) is 14.7 Å². The Hall–Kier alpha value is -2.61. The molecule has 0 bridgehead atoms. The van der Waals surface area contributed by atoms with E-state index in [0.717, 1.165) is 5.56 Å². The summed E-state index contributed by atoms with van der Waals surface area (Å²) in [4.78, 5) is 37.0. The number of ether oxygens (including phenoxy) is 3. The molecule has 1 amide bonds. The molecule has 8 heteroatoms. The minimum atomic E-state index is -1.72. The van der Waals surface area contributed by atoms with Gasteiger partial charge in [0.25, 0.3) is 0 Å². The zero-order valence-corrected chi connectivity index (χ0v) is 21.1. The molecule has 2 atom stereocenters. The summed E-state index contributed by atoms with van der Waals surface area (Å²) in [7, 11) is -1.72. The fourth-order valence-corrected chi connectivity index (χ4v) is 4.80. The number of alkyl carbamates (subject to hydrolysis) is 1. The minimum absolute atomic E-state index is 0.00533. The summed E-state index contributed by atoms with van der Waals surface area (Å²) in [6, 6.07) is 8.90. The van der Waals surface area contributed by atoms with Crippen molar-refractivity contribution in [1.82, 2.24) is 5.32 Å². The van der Waals surface area contributed by atoms with Crippen LogP contribution in [0.3, 0.4) is 0 Å². The van der Waals surface area contributed by atoms with E-state index < -0.39 is 37.7 Å². The topological polar surface area (TPSA) is 90.9 Å². The second-order valence-electron chi connectivity index (χ2n) is 9.67. The molecule has 0 saturated carbocycles. The molecule has 1 rings (SSSR count). The van der Waals surface area contributed by atoms with Crippen molar-refractivity contribution in [3.8, 4) is 0 Å². The fraction of sp³-hybridized carbons (Fsp3) is 0.542. The van der Waals surface area contributed by atoms with Crippen LogP contribution >= 0.6 is 0 Å². The van der Waals surface area contributed by atoms with Crippen molar-refractivity contribution in [2.75, 3.05) is 13.2 Å². The molecular weight excluding hydrogens is 426 g/mol. The molecule has 178 valence electrons. The van der Waals surface area contributed by atoms with Gasteiger partial charge in [0.2, 0.25) is 0 Å². The van der Waals surface area contributed by atoms with Gasteiger partial charge in [-0.15, -0.1) is 0 Å². The van der Waals surface area contributed by atoms with E-state index in [-0.39, 0.29) is 31.6 Å². The summed E-state index contributed by atoms with van der Waals surface area (Å²) in [5.74, 6) is -1.07. The van der Waals surface area contributed by atoms with Gasteiger partial charge in [-0.25, -0.2) is 9.59 Å². The molecule has 0 heterocycles. The van der Waals surface area contributed by atoms with E-state index in [2.05, 4.69) is 31.5 Å². The third kappa shape index (κ3) is 10.6. The number of hydrogen-bond donors (Lipinski definition) is 1. The fourth-order valence-electron chi connectivity index (χ4n) is 3.02. The molecule has 1 aromatic carbocycles. The lowest BCUT2D eigenvalue weighted by Crippen LogP contribution is -2.44. The molecule has 0 saturated heterocycles. The summed E-state index contributed by atoms with van der Waals surface area (Å²) in [6.45, 7) is 15.6. The standard InChI is InChI=1S/C24H37NO6Si/c1-8-16-29-23(28)25-19(14-15-21(26)31-24(2,3)4)22(27)30-17-20(32(5,6)7)18-12-10-9-11-13-18/h8-13,19-20H,1,14-17H2,2-7H3,(H,25,28)/t19-,20?/m0/s1. The van der Waals surface area contributed by atoms with E-state index in [9.17, 15) is 14.4 Å². The Kier molecular flexibility index (Phi) is 10.7. The predicted molar refractivity (Wildman–Crippen MR) is 127 cm³/mol. The highest BCUT2D eigenvalue weighted by atomic mass is 28.3. The van der Waals surface area contributed by atoms with Gasteiger partial charge >= 0.3 is 18.0 Å². The number of esters is 2. The van der Waals surface area contributed by atoms with Crippen molar-refractivity contribution in [1.29, 1.82) is 0 Å². The van der Waals surface area contributed by atoms with Crippen molar-refractivity contribution in [2.24, 2.45) is 0 Å². The summed E-state index contributed by atoms with van der Waals surface area (Å²) < 4.78 is 15.9. The number of benzene rings is 1. The van der Waals surface area contributed by atoms with Crippen LogP contribution in [0, 0.1) is 0 Å². The Balaban J connectivity index is 2.86. The Morgan fingerprint density at radius 1 is 1.09 bits per heavy atom. The average molecular weight is 464 g/mol. The number of hydrogen-bond acceptors (Lipinski definition) is 6. The Morgan fingerprint density at radius 3 is 2.25 bits per heavy atom. The quantitative estimate of drug-likeness (QED) is 0.223. The zero-order chi connectivity index (χ0) is 24.4. The Bertz CT molecular complexity index is 767. The van der Waals surface area contributed by atoms with E-state index in [0.29, 0.717) is 0 Å². The van der Waals surface area contributed by atoms with E-state index in [4.69, 9.17) is 14.2 Å². The summed E-state index contributed by atoms with van der Waals surface area (Å²) >= 11 is 0. The van der Waals surface area contributed by atoms with Crippen LogP contribution in [-0.4, -0.2) is 51.0 Å². The van der Waals surface area contributed by atoms with Crippen LogP contribution in [0.1, 0.15) is 44.7 Å². The molecule has 0 aromatic heterocycles. The zero-order valence-electron chi connectivity index (χ0n) is 20.1. The van der Waals surface area contributed by atoms with Crippen molar-refractivity contribution < 1.29 is 28.6 Å². The van der Waals surface area contributed by atoms with Crippen molar-refractivity contribution in [2.45, 2.75) is 70.4 Å². The van der Waals surface area contributed by atoms with Crippen LogP contribution in [0.25, 0.3) is 0 Å². The minimum Gasteiger partial charge on any atom is -0.464 e. The molecular formula is C24H37NO6Si. The molecule has 1 aromatic rings. The molecule has 0 aliphatic carbocycles. The maximum absolute atomic E-state index is 12.9. The van der Waals surface area contributed by atoms with Crippen LogP contribution < -0.4 is 5.32 Å². The van der Waals surface area contributed by atoms with E-state index in [1.807, 2.05) is 30.3 Å². The van der Waals surface area contributed by atoms with Gasteiger partial charge in [-0.1, -0.05) is 62.6 Å². The lowest BCUT2D eigenvalue weighted by Gasteiger charge is -2.29. The van der Waals surface area contributed by atoms with Gasteiger partial charge in [0.15, 0.2) is 0 Å². The molecule has 0 aliphatic heterocycles. The molecule has 0 spiro atoms. The maximum atomic E-state index is 12.9. The first-order chi connectivity index (χ1) is 14.8. The highest BCUT2D eigenvalue weighted by Gasteiger charge is 2.31. The SMILES string of the molecule is C=CCOC(=O)N[C@@H](CCC(=O)OC(C)(C)C)C(=O)OCC(c1ccccc1)[Si](C)(C)C. The average Bonchev–Trinajstić information content (AvgIpc) is 2.68. The molecule has 1 N–H and O–H groups in total. The lowest BCUT2D eigenvalue weighted by atomic mass is 10.1. The monoisotopic (exact) mass is 463 g/mol. The number of amides is 1. The number of carbonyl (C=O) groups excluding carboxylic acids is 3. The van der Waals surface area contributed by atoms with Crippen molar-refractivity contribution >= 4 is 26.1 Å². The van der Waals surface area contributed by atoms with Crippen LogP contribution in [0.2, 0.25) is 19.6 Å². The van der Waals surface area contributed by atoms with Gasteiger partial charge in [-0.3, -0.25) is 4.79 Å². The highest BCUT2D eigenvalue weighted by Crippen LogP contribution is 2.27. The third-order valence-corrected chi connectivity index (χ3v) is 7.20. The smallest absolute Gasteiger partial charge is 0.408 e. The van der Waals surface area contributed by atoms with E-state index >= 15 is 0 Å². The summed E-state index contributed by atoms with van der Waals surface area (Å²) in [6.07, 6.45) is 0.640. The van der Waals surface area contributed by atoms with Gasteiger partial charge in [-0.05, 0) is 32.8 Å². The number of carbonyl (C=O) groups is 3. The van der Waals surface area contributed by atoms with Gasteiger partial charge in [-0.2, -0.15) is 0 Å². The second-order valence-corrected chi connectivity index (χ2v) is 15.1. The van der Waals surface area contributed by atoms with E-state index in [1.165, 1.54) is 6.08 Å². The van der Waals surface area contributed by atoms with Gasteiger partial charge in [0, 0.05) is 12.0 Å². The lowest BCUT2D eigenvalue weighted by molar-refractivity contribution is -0.155. The van der Waals surface area contributed by atoms with Gasteiger partial charge in [0.1, 0.15) is 18.2 Å². The molecule has 0 fully saturated rings. The predicted octanol–water partition coefficient (Wildman–Crippen LogP) is 4.59. The normalized spacial score (nSPS) is 13.4. The Morgan fingerprint density at radius 2 is 1.72 bits per heavy atom. The highest BCUT2D eigenvalue weighted by molar-refractivity contribution is 6.77.